The van der Waals surface area contributed by atoms with Crippen LogP contribution in [-0.2, 0) is 11.2 Å². The largest absolute Gasteiger partial charge is 0.476 e. The normalized spacial score (nSPS) is 11.5. The van der Waals surface area contributed by atoms with Crippen molar-refractivity contribution in [2.75, 3.05) is 13.7 Å². The lowest BCUT2D eigenvalue weighted by Gasteiger charge is -2.20. The Hall–Kier alpha value is -1.56. The van der Waals surface area contributed by atoms with Gasteiger partial charge in [0.15, 0.2) is 0 Å². The third kappa shape index (κ3) is 3.45. The molecule has 0 saturated heterocycles. The van der Waals surface area contributed by atoms with Gasteiger partial charge in [0, 0.05) is 7.11 Å². The van der Waals surface area contributed by atoms with E-state index in [1.807, 2.05) is 13.8 Å². The van der Waals surface area contributed by atoms with Gasteiger partial charge in [0.25, 0.3) is 0 Å². The first-order chi connectivity index (χ1) is 7.89. The van der Waals surface area contributed by atoms with Crippen LogP contribution in [0.4, 0.5) is 0 Å². The summed E-state index contributed by atoms with van der Waals surface area (Å²) in [5.41, 5.74) is -0.668. The highest BCUT2D eigenvalue weighted by molar-refractivity contribution is 5.87. The Balaban J connectivity index is 2.95. The molecule has 1 heterocycles. The minimum absolute atomic E-state index is 0.0538. The second-order valence-corrected chi connectivity index (χ2v) is 4.12. The number of hydrogen-bond acceptors (Lipinski definition) is 5. The van der Waals surface area contributed by atoms with Crippen molar-refractivity contribution in [1.29, 1.82) is 0 Å². The van der Waals surface area contributed by atoms with Gasteiger partial charge in [0.2, 0.25) is 11.6 Å². The van der Waals surface area contributed by atoms with E-state index in [1.54, 1.807) is 14.0 Å². The smallest absolute Gasteiger partial charge is 0.362 e. The SMILES string of the molecule is CCOc1oc(CC(C)(C)OC)nc1C(=O)O. The number of oxazole rings is 1. The molecule has 0 aliphatic carbocycles. The van der Waals surface area contributed by atoms with Crippen LogP contribution in [0.15, 0.2) is 4.42 Å². The molecule has 1 N–H and O–H groups in total. The Bertz CT molecular complexity index is 397. The standard InChI is InChI=1S/C11H17NO5/c1-5-16-10-8(9(13)14)12-7(17-10)6-11(2,3)15-4/h5-6H2,1-4H3,(H,13,14). The van der Waals surface area contributed by atoms with Crippen molar-refractivity contribution >= 4 is 5.97 Å². The lowest BCUT2D eigenvalue weighted by molar-refractivity contribution is 0.0175. The van der Waals surface area contributed by atoms with Gasteiger partial charge in [-0.25, -0.2) is 9.78 Å². The van der Waals surface area contributed by atoms with Gasteiger partial charge in [-0.1, -0.05) is 0 Å². The quantitative estimate of drug-likeness (QED) is 0.819. The first kappa shape index (κ1) is 13.5. The van der Waals surface area contributed by atoms with E-state index in [0.717, 1.165) is 0 Å². The molecule has 96 valence electrons. The number of carbonyl (C=O) groups is 1. The minimum Gasteiger partial charge on any atom is -0.476 e. The van der Waals surface area contributed by atoms with Crippen LogP contribution in [-0.4, -0.2) is 35.4 Å². The Labute approximate surface area is 99.5 Å². The van der Waals surface area contributed by atoms with Crippen molar-refractivity contribution in [3.05, 3.63) is 11.6 Å². The van der Waals surface area contributed by atoms with E-state index in [2.05, 4.69) is 4.98 Å². The first-order valence-corrected chi connectivity index (χ1v) is 5.30. The third-order valence-corrected chi connectivity index (χ3v) is 2.25. The number of nitrogens with zero attached hydrogens (tertiary/aromatic N) is 1. The molecule has 0 aliphatic rings. The molecule has 0 amide bonds. The van der Waals surface area contributed by atoms with Crippen molar-refractivity contribution in [1.82, 2.24) is 4.98 Å². The van der Waals surface area contributed by atoms with Crippen molar-refractivity contribution in [3.63, 3.8) is 0 Å². The zero-order chi connectivity index (χ0) is 13.1. The van der Waals surface area contributed by atoms with E-state index in [1.165, 1.54) is 0 Å². The summed E-state index contributed by atoms with van der Waals surface area (Å²) < 4.78 is 15.6. The predicted molar refractivity (Wildman–Crippen MR) is 59.4 cm³/mol. The Morgan fingerprint density at radius 2 is 2.18 bits per heavy atom. The summed E-state index contributed by atoms with van der Waals surface area (Å²) in [5.74, 6) is -0.932. The molecule has 0 spiro atoms. The maximum Gasteiger partial charge on any atom is 0.362 e. The molecule has 1 aromatic heterocycles. The maximum absolute atomic E-state index is 10.9. The summed E-state index contributed by atoms with van der Waals surface area (Å²) in [6.45, 7) is 5.78. The number of ether oxygens (including phenoxy) is 2. The summed E-state index contributed by atoms with van der Waals surface area (Å²) in [4.78, 5) is 14.8. The number of carboxylic acids is 1. The maximum atomic E-state index is 10.9. The Morgan fingerprint density at radius 1 is 1.53 bits per heavy atom. The van der Waals surface area contributed by atoms with Gasteiger partial charge in [0.1, 0.15) is 0 Å². The number of aromatic carboxylic acids is 1. The lowest BCUT2D eigenvalue weighted by Crippen LogP contribution is -2.25. The number of methoxy groups -OCH3 is 1. The van der Waals surface area contributed by atoms with Gasteiger partial charge < -0.3 is 19.0 Å². The Morgan fingerprint density at radius 3 is 2.65 bits per heavy atom. The summed E-state index contributed by atoms with van der Waals surface area (Å²) >= 11 is 0. The van der Waals surface area contributed by atoms with Crippen LogP contribution in [0.25, 0.3) is 0 Å². The van der Waals surface area contributed by atoms with E-state index in [9.17, 15) is 4.79 Å². The highest BCUT2D eigenvalue weighted by Gasteiger charge is 2.25. The molecule has 6 heteroatoms. The van der Waals surface area contributed by atoms with Gasteiger partial charge in [-0.05, 0) is 20.8 Å². The highest BCUT2D eigenvalue weighted by atomic mass is 16.6. The highest BCUT2D eigenvalue weighted by Crippen LogP contribution is 2.24. The van der Waals surface area contributed by atoms with Gasteiger partial charge in [0.05, 0.1) is 18.6 Å². The van der Waals surface area contributed by atoms with E-state index >= 15 is 0 Å². The molecule has 17 heavy (non-hydrogen) atoms. The molecule has 0 bridgehead atoms. The number of hydrogen-bond donors (Lipinski definition) is 1. The van der Waals surface area contributed by atoms with Crippen molar-refractivity contribution in [2.45, 2.75) is 32.8 Å². The van der Waals surface area contributed by atoms with Crippen LogP contribution < -0.4 is 4.74 Å². The van der Waals surface area contributed by atoms with Gasteiger partial charge >= 0.3 is 11.9 Å². The van der Waals surface area contributed by atoms with Crippen molar-refractivity contribution in [2.24, 2.45) is 0 Å². The van der Waals surface area contributed by atoms with Crippen LogP contribution >= 0.6 is 0 Å². The monoisotopic (exact) mass is 243 g/mol. The van der Waals surface area contributed by atoms with Crippen molar-refractivity contribution in [3.8, 4) is 5.95 Å². The molecular formula is C11H17NO5. The number of carboxylic acid groups (broad SMARTS) is 1. The van der Waals surface area contributed by atoms with Gasteiger partial charge in [-0.3, -0.25) is 0 Å². The fourth-order valence-corrected chi connectivity index (χ4v) is 1.22. The molecule has 0 unspecified atom stereocenters. The van der Waals surface area contributed by atoms with Crippen LogP contribution in [0.5, 0.6) is 5.95 Å². The van der Waals surface area contributed by atoms with E-state index < -0.39 is 11.6 Å². The molecule has 6 nitrogen and oxygen atoms in total. The summed E-state index contributed by atoms with van der Waals surface area (Å²) in [5, 5.41) is 8.93. The fourth-order valence-electron chi connectivity index (χ4n) is 1.22. The molecule has 0 saturated carbocycles. The van der Waals surface area contributed by atoms with Crippen LogP contribution in [0.2, 0.25) is 0 Å². The molecule has 0 radical (unpaired) electrons. The van der Waals surface area contributed by atoms with E-state index in [-0.39, 0.29) is 17.5 Å². The van der Waals surface area contributed by atoms with Gasteiger partial charge in [-0.2, -0.15) is 0 Å². The first-order valence-electron chi connectivity index (χ1n) is 5.30. The molecule has 0 atom stereocenters. The molecule has 0 aromatic carbocycles. The molecule has 0 fully saturated rings. The second kappa shape index (κ2) is 5.18. The van der Waals surface area contributed by atoms with Crippen molar-refractivity contribution < 1.29 is 23.8 Å². The molecule has 1 rings (SSSR count). The average Bonchev–Trinajstić information content (AvgIpc) is 2.61. The van der Waals surface area contributed by atoms with Crippen LogP contribution in [0.1, 0.15) is 37.2 Å². The lowest BCUT2D eigenvalue weighted by atomic mass is 10.1. The van der Waals surface area contributed by atoms with Gasteiger partial charge in [-0.15, -0.1) is 0 Å². The summed E-state index contributed by atoms with van der Waals surface area (Å²) in [7, 11) is 1.57. The molecular weight excluding hydrogens is 226 g/mol. The topological polar surface area (TPSA) is 81.8 Å². The zero-order valence-electron chi connectivity index (χ0n) is 10.4. The second-order valence-electron chi connectivity index (χ2n) is 4.12. The summed E-state index contributed by atoms with van der Waals surface area (Å²) in [6.07, 6.45) is 0.372. The number of aromatic nitrogens is 1. The van der Waals surface area contributed by atoms with E-state index in [0.29, 0.717) is 13.0 Å². The average molecular weight is 243 g/mol. The third-order valence-electron chi connectivity index (χ3n) is 2.25. The Kier molecular flexibility index (Phi) is 4.11. The zero-order valence-corrected chi connectivity index (χ0v) is 10.4. The van der Waals surface area contributed by atoms with E-state index in [4.69, 9.17) is 19.0 Å². The fraction of sp³-hybridized carbons (Fsp3) is 0.636. The minimum atomic E-state index is -1.17. The molecule has 1 aromatic rings. The van der Waals surface area contributed by atoms with Crippen LogP contribution in [0.3, 0.4) is 0 Å². The summed E-state index contributed by atoms with van der Waals surface area (Å²) in [6, 6.07) is 0. The number of rotatable bonds is 6. The predicted octanol–water partition coefficient (Wildman–Crippen LogP) is 1.74. The molecule has 0 aliphatic heterocycles. The van der Waals surface area contributed by atoms with Crippen LogP contribution in [0, 0.1) is 0 Å².